The predicted octanol–water partition coefficient (Wildman–Crippen LogP) is 1.54. The maximum atomic E-state index is 3.84. The molecule has 1 aliphatic carbocycles. The molecule has 1 unspecified atom stereocenters. The summed E-state index contributed by atoms with van der Waals surface area (Å²) in [6, 6.07) is 1.75. The molecule has 18 heavy (non-hydrogen) atoms. The Hall–Kier alpha value is -0.120. The average Bonchev–Trinajstić information content (AvgIpc) is 3.16. The molecule has 1 saturated carbocycles. The Bertz CT molecular complexity index is 256. The predicted molar refractivity (Wildman–Crippen MR) is 75.8 cm³/mol. The molecule has 1 N–H and O–H groups in total. The highest BCUT2D eigenvalue weighted by Gasteiger charge is 2.34. The number of hydrogen-bond acceptors (Lipinski definition) is 3. The van der Waals surface area contributed by atoms with Gasteiger partial charge in [0.1, 0.15) is 0 Å². The van der Waals surface area contributed by atoms with Crippen LogP contribution in [0.3, 0.4) is 0 Å². The van der Waals surface area contributed by atoms with Crippen LogP contribution in [0.2, 0.25) is 0 Å². The van der Waals surface area contributed by atoms with Gasteiger partial charge >= 0.3 is 0 Å². The summed E-state index contributed by atoms with van der Waals surface area (Å²) in [6.45, 7) is 10.1. The number of nitrogens with zero attached hydrogens (tertiary/aromatic N) is 2. The molecule has 0 spiro atoms. The highest BCUT2D eigenvalue weighted by molar-refractivity contribution is 4.92. The van der Waals surface area contributed by atoms with Crippen LogP contribution in [0.1, 0.15) is 39.0 Å². The van der Waals surface area contributed by atoms with Crippen molar-refractivity contribution in [1.29, 1.82) is 0 Å². The lowest BCUT2D eigenvalue weighted by Crippen LogP contribution is -2.40. The van der Waals surface area contributed by atoms with Crippen molar-refractivity contribution in [2.75, 3.05) is 39.3 Å². The molecule has 0 aromatic carbocycles. The largest absolute Gasteiger partial charge is 0.312 e. The molecular weight excluding hydrogens is 222 g/mol. The summed E-state index contributed by atoms with van der Waals surface area (Å²) in [5.41, 5.74) is 0. The summed E-state index contributed by atoms with van der Waals surface area (Å²) in [7, 11) is 0. The fourth-order valence-electron chi connectivity index (χ4n) is 3.57. The molecular formula is C15H29N3. The molecule has 104 valence electrons. The van der Waals surface area contributed by atoms with Crippen LogP contribution < -0.4 is 5.32 Å². The Kier molecular flexibility index (Phi) is 4.22. The van der Waals surface area contributed by atoms with Gasteiger partial charge in [-0.1, -0.05) is 6.92 Å². The van der Waals surface area contributed by atoms with E-state index >= 15 is 0 Å². The first-order chi connectivity index (χ1) is 8.85. The molecule has 1 atom stereocenters. The first-order valence-corrected chi connectivity index (χ1v) is 8.05. The van der Waals surface area contributed by atoms with Crippen molar-refractivity contribution in [2.45, 2.75) is 51.1 Å². The first-order valence-electron chi connectivity index (χ1n) is 8.05. The van der Waals surface area contributed by atoms with Gasteiger partial charge in [-0.2, -0.15) is 0 Å². The Labute approximate surface area is 112 Å². The maximum Gasteiger partial charge on any atom is 0.0207 e. The molecule has 3 rings (SSSR count). The summed E-state index contributed by atoms with van der Waals surface area (Å²) < 4.78 is 0. The average molecular weight is 251 g/mol. The number of nitrogens with one attached hydrogen (secondary N) is 1. The normalized spacial score (nSPS) is 32.2. The van der Waals surface area contributed by atoms with Crippen molar-refractivity contribution in [3.8, 4) is 0 Å². The van der Waals surface area contributed by atoms with Crippen LogP contribution in [-0.2, 0) is 0 Å². The lowest BCUT2D eigenvalue weighted by Gasteiger charge is -2.31. The van der Waals surface area contributed by atoms with Crippen molar-refractivity contribution in [1.82, 2.24) is 15.1 Å². The summed E-state index contributed by atoms with van der Waals surface area (Å²) in [4.78, 5) is 5.29. The van der Waals surface area contributed by atoms with Crippen molar-refractivity contribution >= 4 is 0 Å². The molecule has 3 aliphatic rings. The third-order valence-electron chi connectivity index (χ3n) is 5.13. The summed E-state index contributed by atoms with van der Waals surface area (Å²) in [6.07, 6.45) is 7.11. The molecule has 0 bridgehead atoms. The monoisotopic (exact) mass is 251 g/mol. The van der Waals surface area contributed by atoms with Gasteiger partial charge in [0.15, 0.2) is 0 Å². The van der Waals surface area contributed by atoms with E-state index in [-0.39, 0.29) is 0 Å². The highest BCUT2D eigenvalue weighted by Crippen LogP contribution is 2.29. The van der Waals surface area contributed by atoms with Gasteiger partial charge in [-0.05, 0) is 64.2 Å². The SMILES string of the molecule is CCN1CCC(CNC2CCN(C3CC3)C2)CC1. The van der Waals surface area contributed by atoms with Crippen LogP contribution in [0.25, 0.3) is 0 Å². The zero-order chi connectivity index (χ0) is 12.4. The summed E-state index contributed by atoms with van der Waals surface area (Å²) >= 11 is 0. The van der Waals surface area contributed by atoms with Crippen molar-refractivity contribution in [3.63, 3.8) is 0 Å². The molecule has 2 aliphatic heterocycles. The van der Waals surface area contributed by atoms with E-state index < -0.39 is 0 Å². The van der Waals surface area contributed by atoms with Crippen LogP contribution >= 0.6 is 0 Å². The van der Waals surface area contributed by atoms with Crippen LogP contribution in [0.15, 0.2) is 0 Å². The van der Waals surface area contributed by atoms with Crippen LogP contribution in [0.4, 0.5) is 0 Å². The second kappa shape index (κ2) is 5.89. The minimum Gasteiger partial charge on any atom is -0.312 e. The van der Waals surface area contributed by atoms with E-state index in [0.29, 0.717) is 0 Å². The molecule has 2 saturated heterocycles. The van der Waals surface area contributed by atoms with Gasteiger partial charge in [0, 0.05) is 25.2 Å². The van der Waals surface area contributed by atoms with Gasteiger partial charge in [0.25, 0.3) is 0 Å². The molecule has 0 aromatic heterocycles. The first kappa shape index (κ1) is 12.9. The Morgan fingerprint density at radius 3 is 2.44 bits per heavy atom. The maximum absolute atomic E-state index is 3.84. The van der Waals surface area contributed by atoms with Crippen LogP contribution in [0.5, 0.6) is 0 Å². The molecule has 0 aromatic rings. The van der Waals surface area contributed by atoms with Gasteiger partial charge < -0.3 is 10.2 Å². The van der Waals surface area contributed by atoms with E-state index in [4.69, 9.17) is 0 Å². The van der Waals surface area contributed by atoms with E-state index in [0.717, 1.165) is 18.0 Å². The van der Waals surface area contributed by atoms with E-state index in [1.807, 2.05) is 0 Å². The smallest absolute Gasteiger partial charge is 0.0207 e. The van der Waals surface area contributed by atoms with E-state index in [2.05, 4.69) is 22.0 Å². The van der Waals surface area contributed by atoms with Gasteiger partial charge in [0.05, 0.1) is 0 Å². The summed E-state index contributed by atoms with van der Waals surface area (Å²) in [5.74, 6) is 0.933. The van der Waals surface area contributed by atoms with Gasteiger partial charge in [0.2, 0.25) is 0 Å². The molecule has 3 fully saturated rings. The van der Waals surface area contributed by atoms with Crippen molar-refractivity contribution in [2.24, 2.45) is 5.92 Å². The second-order valence-corrected chi connectivity index (χ2v) is 6.50. The Morgan fingerprint density at radius 2 is 1.78 bits per heavy atom. The fraction of sp³-hybridized carbons (Fsp3) is 1.00. The number of likely N-dealkylation sites (tertiary alicyclic amines) is 2. The van der Waals surface area contributed by atoms with Crippen molar-refractivity contribution in [3.05, 3.63) is 0 Å². The number of hydrogen-bond donors (Lipinski definition) is 1. The van der Waals surface area contributed by atoms with Gasteiger partial charge in [-0.25, -0.2) is 0 Å². The minimum atomic E-state index is 0.787. The molecule has 0 amide bonds. The Balaban J connectivity index is 1.32. The lowest BCUT2D eigenvalue weighted by molar-refractivity contribution is 0.187. The van der Waals surface area contributed by atoms with Crippen molar-refractivity contribution < 1.29 is 0 Å². The second-order valence-electron chi connectivity index (χ2n) is 6.50. The molecule has 2 heterocycles. The fourth-order valence-corrected chi connectivity index (χ4v) is 3.57. The lowest BCUT2D eigenvalue weighted by atomic mass is 9.96. The van der Waals surface area contributed by atoms with Gasteiger partial charge in [-0.3, -0.25) is 4.90 Å². The number of rotatable bonds is 5. The van der Waals surface area contributed by atoms with E-state index in [1.165, 1.54) is 71.4 Å². The summed E-state index contributed by atoms with van der Waals surface area (Å²) in [5, 5.41) is 3.84. The quantitative estimate of drug-likeness (QED) is 0.800. The molecule has 0 radical (unpaired) electrons. The zero-order valence-corrected chi connectivity index (χ0v) is 11.9. The zero-order valence-electron chi connectivity index (χ0n) is 11.9. The molecule has 3 heteroatoms. The van der Waals surface area contributed by atoms with E-state index in [9.17, 15) is 0 Å². The van der Waals surface area contributed by atoms with Crippen LogP contribution in [-0.4, -0.2) is 61.2 Å². The third-order valence-corrected chi connectivity index (χ3v) is 5.13. The minimum absolute atomic E-state index is 0.787. The topological polar surface area (TPSA) is 18.5 Å². The highest BCUT2D eigenvalue weighted by atomic mass is 15.2. The number of piperidine rings is 1. The van der Waals surface area contributed by atoms with Crippen LogP contribution in [0, 0.1) is 5.92 Å². The van der Waals surface area contributed by atoms with Gasteiger partial charge in [-0.15, -0.1) is 0 Å². The third kappa shape index (κ3) is 3.25. The molecule has 3 nitrogen and oxygen atoms in total. The standard InChI is InChI=1S/C15H29N3/c1-2-17-8-5-13(6-9-17)11-16-14-7-10-18(12-14)15-3-4-15/h13-16H,2-12H2,1H3. The van der Waals surface area contributed by atoms with E-state index in [1.54, 1.807) is 0 Å². The Morgan fingerprint density at radius 1 is 1.00 bits per heavy atom.